The van der Waals surface area contributed by atoms with Crippen molar-refractivity contribution < 1.29 is 75.6 Å². The fourth-order valence-electron chi connectivity index (χ4n) is 3.06. The van der Waals surface area contributed by atoms with Gasteiger partial charge in [0.2, 0.25) is 0 Å². The second-order valence-corrected chi connectivity index (χ2v) is 7.63. The SMILES string of the molecule is CCCCCCCCCCCC(=O)C(CCCC)OC(=O)C(N)CCC(=O)[O-].[K+]. The van der Waals surface area contributed by atoms with Crippen molar-refractivity contribution in [2.45, 2.75) is 122 Å². The molecule has 7 heteroatoms. The number of rotatable bonds is 19. The summed E-state index contributed by atoms with van der Waals surface area (Å²) in [5.41, 5.74) is 5.66. The molecule has 0 aliphatic rings. The van der Waals surface area contributed by atoms with Crippen LogP contribution < -0.4 is 62.2 Å². The number of carboxylic acid groups (broad SMARTS) is 1. The predicted molar refractivity (Wildman–Crippen MR) is 108 cm³/mol. The summed E-state index contributed by atoms with van der Waals surface area (Å²) in [4.78, 5) is 35.0. The first kappa shape index (κ1) is 31.4. The van der Waals surface area contributed by atoms with E-state index >= 15 is 0 Å². The van der Waals surface area contributed by atoms with E-state index < -0.39 is 24.1 Å². The summed E-state index contributed by atoms with van der Waals surface area (Å²) in [6.07, 6.45) is 12.1. The van der Waals surface area contributed by atoms with Gasteiger partial charge in [-0.1, -0.05) is 71.6 Å². The van der Waals surface area contributed by atoms with Crippen molar-refractivity contribution >= 4 is 17.7 Å². The Morgan fingerprint density at radius 1 is 0.793 bits per heavy atom. The van der Waals surface area contributed by atoms with Crippen LogP contribution >= 0.6 is 0 Å². The van der Waals surface area contributed by atoms with Gasteiger partial charge in [-0.05, 0) is 32.1 Å². The van der Waals surface area contributed by atoms with Crippen molar-refractivity contribution in [3.05, 3.63) is 0 Å². The minimum absolute atomic E-state index is 0. The maximum atomic E-state index is 12.5. The van der Waals surface area contributed by atoms with Gasteiger partial charge in [0.15, 0.2) is 11.9 Å². The Morgan fingerprint density at radius 3 is 1.83 bits per heavy atom. The topological polar surface area (TPSA) is 110 Å². The number of carbonyl (C=O) groups excluding carboxylic acids is 3. The first-order valence-corrected chi connectivity index (χ1v) is 11.1. The second-order valence-electron chi connectivity index (χ2n) is 7.63. The summed E-state index contributed by atoms with van der Waals surface area (Å²) in [6, 6.07) is -1.04. The van der Waals surface area contributed by atoms with Crippen LogP contribution in [0.25, 0.3) is 0 Å². The molecule has 0 aromatic heterocycles. The molecule has 0 spiro atoms. The Bertz CT molecular complexity index is 445. The number of hydrogen-bond donors (Lipinski definition) is 1. The molecule has 0 rings (SSSR count). The normalized spacial score (nSPS) is 12.7. The molecule has 2 N–H and O–H groups in total. The van der Waals surface area contributed by atoms with E-state index in [4.69, 9.17) is 10.5 Å². The summed E-state index contributed by atoms with van der Waals surface area (Å²) in [6.45, 7) is 4.22. The monoisotopic (exact) mass is 437 g/mol. The van der Waals surface area contributed by atoms with Gasteiger partial charge in [-0.25, -0.2) is 0 Å². The Kier molecular flexibility index (Phi) is 23.2. The summed E-state index contributed by atoms with van der Waals surface area (Å²) in [5.74, 6) is -2.02. The van der Waals surface area contributed by atoms with Gasteiger partial charge in [0.05, 0.1) is 0 Å². The number of carbonyl (C=O) groups is 3. The van der Waals surface area contributed by atoms with Gasteiger partial charge in [0, 0.05) is 12.4 Å². The number of unbranched alkanes of at least 4 members (excludes halogenated alkanes) is 9. The van der Waals surface area contributed by atoms with E-state index in [1.165, 1.54) is 38.5 Å². The van der Waals surface area contributed by atoms with E-state index in [1.807, 2.05) is 6.92 Å². The van der Waals surface area contributed by atoms with Crippen molar-refractivity contribution in [3.8, 4) is 0 Å². The predicted octanol–water partition coefficient (Wildman–Crippen LogP) is 0.440. The molecule has 0 fully saturated rings. The van der Waals surface area contributed by atoms with Gasteiger partial charge in [0.1, 0.15) is 6.04 Å². The Morgan fingerprint density at radius 2 is 1.31 bits per heavy atom. The molecule has 0 aromatic carbocycles. The van der Waals surface area contributed by atoms with Crippen LogP contribution in [0, 0.1) is 0 Å². The zero-order chi connectivity index (χ0) is 21.2. The van der Waals surface area contributed by atoms with E-state index in [1.54, 1.807) is 0 Å². The second kappa shape index (κ2) is 21.4. The summed E-state index contributed by atoms with van der Waals surface area (Å²) in [5, 5.41) is 10.5. The van der Waals surface area contributed by atoms with E-state index in [0.29, 0.717) is 12.8 Å². The molecule has 0 saturated carbocycles. The molecule has 0 radical (unpaired) electrons. The van der Waals surface area contributed by atoms with Crippen molar-refractivity contribution in [3.63, 3.8) is 0 Å². The van der Waals surface area contributed by atoms with Gasteiger partial charge in [-0.15, -0.1) is 0 Å². The molecule has 164 valence electrons. The van der Waals surface area contributed by atoms with Gasteiger partial charge in [-0.3, -0.25) is 9.59 Å². The van der Waals surface area contributed by atoms with Crippen LogP contribution in [0.4, 0.5) is 0 Å². The molecule has 0 bridgehead atoms. The summed E-state index contributed by atoms with van der Waals surface area (Å²) < 4.78 is 5.31. The summed E-state index contributed by atoms with van der Waals surface area (Å²) in [7, 11) is 0. The molecular weight excluding hydrogens is 397 g/mol. The molecule has 2 unspecified atom stereocenters. The molecule has 29 heavy (non-hydrogen) atoms. The average molecular weight is 438 g/mol. The number of nitrogens with two attached hydrogens (primary N) is 1. The fourth-order valence-corrected chi connectivity index (χ4v) is 3.06. The summed E-state index contributed by atoms with van der Waals surface area (Å²) >= 11 is 0. The number of aliphatic carboxylic acids is 1. The van der Waals surface area contributed by atoms with Crippen molar-refractivity contribution in [1.29, 1.82) is 0 Å². The van der Waals surface area contributed by atoms with E-state index in [2.05, 4.69) is 6.92 Å². The number of Topliss-reactive ketones (excluding diaryl/α,β-unsaturated/α-hetero) is 1. The third-order valence-corrected chi connectivity index (χ3v) is 4.93. The van der Waals surface area contributed by atoms with Crippen LogP contribution in [0.3, 0.4) is 0 Å². The first-order valence-electron chi connectivity index (χ1n) is 11.1. The number of ether oxygens (including phenoxy) is 1. The molecule has 0 aliphatic heterocycles. The molecule has 6 nitrogen and oxygen atoms in total. The smallest absolute Gasteiger partial charge is 0.550 e. The molecular formula is C22H40KNO5. The van der Waals surface area contributed by atoms with Crippen LogP contribution in [0.1, 0.15) is 110 Å². The Labute approximate surface area is 219 Å². The Hall–Kier alpha value is 0.206. The molecule has 0 saturated heterocycles. The molecule has 0 amide bonds. The Balaban J connectivity index is 0. The average Bonchev–Trinajstić information content (AvgIpc) is 2.67. The molecule has 0 heterocycles. The van der Waals surface area contributed by atoms with Crippen molar-refractivity contribution in [1.82, 2.24) is 0 Å². The number of esters is 1. The quantitative estimate of drug-likeness (QED) is 0.178. The maximum Gasteiger partial charge on any atom is 1.00 e. The van der Waals surface area contributed by atoms with E-state index in [0.717, 1.165) is 32.1 Å². The molecule has 0 aromatic rings. The van der Waals surface area contributed by atoms with Crippen LogP contribution in [0.5, 0.6) is 0 Å². The number of carboxylic acids is 1. The van der Waals surface area contributed by atoms with Crippen molar-refractivity contribution in [2.24, 2.45) is 5.73 Å². The minimum atomic E-state index is -1.26. The number of ketones is 1. The van der Waals surface area contributed by atoms with Crippen LogP contribution in [-0.4, -0.2) is 29.9 Å². The van der Waals surface area contributed by atoms with Crippen molar-refractivity contribution in [2.75, 3.05) is 0 Å². The first-order chi connectivity index (χ1) is 13.4. The number of hydrogen-bond acceptors (Lipinski definition) is 6. The zero-order valence-corrected chi connectivity index (χ0v) is 22.0. The van der Waals surface area contributed by atoms with Gasteiger partial charge >= 0.3 is 57.4 Å². The van der Waals surface area contributed by atoms with Crippen LogP contribution in [0.15, 0.2) is 0 Å². The van der Waals surface area contributed by atoms with Gasteiger partial charge in [0.25, 0.3) is 0 Å². The van der Waals surface area contributed by atoms with E-state index in [9.17, 15) is 19.5 Å². The third-order valence-electron chi connectivity index (χ3n) is 4.93. The molecule has 0 aliphatic carbocycles. The van der Waals surface area contributed by atoms with Gasteiger partial charge < -0.3 is 20.4 Å². The molecule has 2 atom stereocenters. The van der Waals surface area contributed by atoms with Crippen LogP contribution in [-0.2, 0) is 19.1 Å². The fraction of sp³-hybridized carbons (Fsp3) is 0.864. The minimum Gasteiger partial charge on any atom is -0.550 e. The third kappa shape index (κ3) is 18.7. The van der Waals surface area contributed by atoms with Gasteiger partial charge in [-0.2, -0.15) is 0 Å². The zero-order valence-electron chi connectivity index (χ0n) is 18.9. The van der Waals surface area contributed by atoms with E-state index in [-0.39, 0.29) is 70.0 Å². The standard InChI is InChI=1S/C22H41NO5.K/c1-3-5-7-8-9-10-11-12-13-14-19(24)20(15-6-4-2)28-22(27)18(23)16-17-21(25)26;/h18,20H,3-17,23H2,1-2H3,(H,25,26);/q;+1/p-1. The van der Waals surface area contributed by atoms with Crippen LogP contribution in [0.2, 0.25) is 0 Å². The largest absolute Gasteiger partial charge is 1.00 e. The maximum absolute atomic E-state index is 12.5.